The zero-order valence-electron chi connectivity index (χ0n) is 22.4. The van der Waals surface area contributed by atoms with Crippen LogP contribution in [0.1, 0.15) is 76.8 Å². The van der Waals surface area contributed by atoms with E-state index in [4.69, 9.17) is 14.5 Å². The standard InChI is InChI=1S/C29H46N4O2/c1-5-10-22(6-2)25-20-26(30-23-11-16-32(3)17-12-23)24-19-28(34-4)29(21-27(24)31-25)35-18-9-15-33-13-7-8-14-33/h19-23H,5-18H2,1-4H3,(H,30,31). The molecule has 2 aliphatic heterocycles. The van der Waals surface area contributed by atoms with E-state index in [1.165, 1.54) is 50.2 Å². The summed E-state index contributed by atoms with van der Waals surface area (Å²) in [5.41, 5.74) is 3.39. The maximum Gasteiger partial charge on any atom is 0.163 e. The summed E-state index contributed by atoms with van der Waals surface area (Å²) >= 11 is 0. The molecule has 1 N–H and O–H groups in total. The second kappa shape index (κ2) is 12.8. The Morgan fingerprint density at radius 2 is 1.83 bits per heavy atom. The van der Waals surface area contributed by atoms with Gasteiger partial charge in [0.05, 0.1) is 19.2 Å². The molecule has 1 unspecified atom stereocenters. The first kappa shape index (κ1) is 26.0. The average Bonchev–Trinajstić information content (AvgIpc) is 3.39. The van der Waals surface area contributed by atoms with E-state index in [9.17, 15) is 0 Å². The second-order valence-electron chi connectivity index (χ2n) is 10.5. The highest BCUT2D eigenvalue weighted by Gasteiger charge is 2.21. The zero-order valence-corrected chi connectivity index (χ0v) is 22.4. The summed E-state index contributed by atoms with van der Waals surface area (Å²) in [6, 6.07) is 7.02. The average molecular weight is 483 g/mol. The van der Waals surface area contributed by atoms with Gasteiger partial charge in [-0.2, -0.15) is 0 Å². The third-order valence-corrected chi connectivity index (χ3v) is 7.82. The van der Waals surface area contributed by atoms with E-state index in [1.54, 1.807) is 7.11 Å². The molecule has 1 aromatic heterocycles. The van der Waals surface area contributed by atoms with Crippen molar-refractivity contribution in [1.29, 1.82) is 0 Å². The summed E-state index contributed by atoms with van der Waals surface area (Å²) < 4.78 is 12.0. The number of piperidine rings is 1. The van der Waals surface area contributed by atoms with Crippen molar-refractivity contribution in [3.8, 4) is 11.5 Å². The van der Waals surface area contributed by atoms with Gasteiger partial charge in [0.25, 0.3) is 0 Å². The molecular weight excluding hydrogens is 436 g/mol. The van der Waals surface area contributed by atoms with Crippen LogP contribution < -0.4 is 14.8 Å². The van der Waals surface area contributed by atoms with E-state index in [2.05, 4.69) is 54.2 Å². The van der Waals surface area contributed by atoms with Gasteiger partial charge in [-0.25, -0.2) is 0 Å². The van der Waals surface area contributed by atoms with Gasteiger partial charge >= 0.3 is 0 Å². The van der Waals surface area contributed by atoms with Crippen molar-refractivity contribution < 1.29 is 9.47 Å². The summed E-state index contributed by atoms with van der Waals surface area (Å²) in [6.07, 6.45) is 9.47. The highest BCUT2D eigenvalue weighted by Crippen LogP contribution is 2.38. The Hall–Kier alpha value is -2.05. The molecule has 3 heterocycles. The normalized spacial score (nSPS) is 18.7. The Morgan fingerprint density at radius 1 is 1.06 bits per heavy atom. The molecule has 194 valence electrons. The van der Waals surface area contributed by atoms with Gasteiger partial charge in [0.15, 0.2) is 11.5 Å². The van der Waals surface area contributed by atoms with Crippen LogP contribution in [0.2, 0.25) is 0 Å². The SMILES string of the molecule is CCCC(CC)c1cc(NC2CCN(C)CC2)c2cc(OC)c(OCCCN3CCCC3)cc2n1. The summed E-state index contributed by atoms with van der Waals surface area (Å²) in [5.74, 6) is 2.08. The molecule has 2 aliphatic rings. The van der Waals surface area contributed by atoms with E-state index in [-0.39, 0.29) is 0 Å². The fraction of sp³-hybridized carbons (Fsp3) is 0.690. The summed E-state index contributed by atoms with van der Waals surface area (Å²) in [5, 5.41) is 5.02. The van der Waals surface area contributed by atoms with Gasteiger partial charge < -0.3 is 24.6 Å². The second-order valence-corrected chi connectivity index (χ2v) is 10.5. The fourth-order valence-corrected chi connectivity index (χ4v) is 5.61. The third kappa shape index (κ3) is 6.79. The first-order valence-electron chi connectivity index (χ1n) is 13.9. The predicted octanol–water partition coefficient (Wildman–Crippen LogP) is 5.91. The quantitative estimate of drug-likeness (QED) is 0.380. The van der Waals surface area contributed by atoms with Crippen LogP contribution in [0.25, 0.3) is 10.9 Å². The zero-order chi connectivity index (χ0) is 24.6. The first-order valence-corrected chi connectivity index (χ1v) is 13.9. The van der Waals surface area contributed by atoms with Crippen LogP contribution in [0.15, 0.2) is 18.2 Å². The number of pyridine rings is 1. The Bertz CT molecular complexity index is 936. The Morgan fingerprint density at radius 3 is 2.51 bits per heavy atom. The van der Waals surface area contributed by atoms with Crippen LogP contribution in [0.3, 0.4) is 0 Å². The van der Waals surface area contributed by atoms with Crippen molar-refractivity contribution in [1.82, 2.24) is 14.8 Å². The van der Waals surface area contributed by atoms with Crippen LogP contribution in [0.5, 0.6) is 11.5 Å². The highest BCUT2D eigenvalue weighted by atomic mass is 16.5. The number of anilines is 1. The van der Waals surface area contributed by atoms with Crippen molar-refractivity contribution in [3.63, 3.8) is 0 Å². The number of ether oxygens (including phenoxy) is 2. The van der Waals surface area contributed by atoms with Crippen LogP contribution >= 0.6 is 0 Å². The monoisotopic (exact) mass is 482 g/mol. The molecule has 1 aromatic carbocycles. The number of methoxy groups -OCH3 is 1. The molecule has 4 rings (SSSR count). The molecule has 2 fully saturated rings. The molecule has 6 nitrogen and oxygen atoms in total. The maximum atomic E-state index is 6.25. The van der Waals surface area contributed by atoms with E-state index < -0.39 is 0 Å². The maximum absolute atomic E-state index is 6.25. The molecular formula is C29H46N4O2. The molecule has 1 atom stereocenters. The minimum Gasteiger partial charge on any atom is -0.493 e. The molecule has 2 aromatic rings. The molecule has 0 spiro atoms. The van der Waals surface area contributed by atoms with Gasteiger partial charge in [-0.1, -0.05) is 20.3 Å². The van der Waals surface area contributed by atoms with Gasteiger partial charge in [-0.05, 0) is 90.3 Å². The molecule has 0 amide bonds. The van der Waals surface area contributed by atoms with Gasteiger partial charge in [0.2, 0.25) is 0 Å². The molecule has 0 bridgehead atoms. The van der Waals surface area contributed by atoms with Crippen molar-refractivity contribution in [2.24, 2.45) is 0 Å². The molecule has 0 radical (unpaired) electrons. The van der Waals surface area contributed by atoms with E-state index in [1.807, 2.05) is 0 Å². The Balaban J connectivity index is 1.59. The predicted molar refractivity (Wildman–Crippen MR) is 146 cm³/mol. The van der Waals surface area contributed by atoms with Crippen molar-refractivity contribution >= 4 is 16.6 Å². The number of hydrogen-bond acceptors (Lipinski definition) is 6. The number of benzene rings is 1. The van der Waals surface area contributed by atoms with Crippen LogP contribution in [-0.4, -0.2) is 74.3 Å². The molecule has 6 heteroatoms. The van der Waals surface area contributed by atoms with Gasteiger partial charge in [-0.3, -0.25) is 4.98 Å². The topological polar surface area (TPSA) is 49.9 Å². The van der Waals surface area contributed by atoms with Crippen molar-refractivity contribution in [2.45, 2.75) is 77.2 Å². The Kier molecular flexibility index (Phi) is 9.50. The lowest BCUT2D eigenvalue weighted by atomic mass is 9.95. The molecule has 2 saturated heterocycles. The van der Waals surface area contributed by atoms with Crippen molar-refractivity contribution in [3.05, 3.63) is 23.9 Å². The van der Waals surface area contributed by atoms with Crippen LogP contribution in [0.4, 0.5) is 5.69 Å². The van der Waals surface area contributed by atoms with Gasteiger partial charge in [-0.15, -0.1) is 0 Å². The van der Waals surface area contributed by atoms with Crippen molar-refractivity contribution in [2.75, 3.05) is 58.8 Å². The lowest BCUT2D eigenvalue weighted by molar-refractivity contribution is 0.254. The molecule has 0 saturated carbocycles. The van der Waals surface area contributed by atoms with E-state index >= 15 is 0 Å². The Labute approximate surface area is 212 Å². The number of fused-ring (bicyclic) bond motifs is 1. The fourth-order valence-electron chi connectivity index (χ4n) is 5.61. The summed E-state index contributed by atoms with van der Waals surface area (Å²) in [6.45, 7) is 11.1. The number of nitrogens with zero attached hydrogens (tertiary/aromatic N) is 3. The first-order chi connectivity index (χ1) is 17.1. The minimum absolute atomic E-state index is 0.481. The smallest absolute Gasteiger partial charge is 0.163 e. The molecule has 0 aliphatic carbocycles. The third-order valence-electron chi connectivity index (χ3n) is 7.82. The number of aromatic nitrogens is 1. The van der Waals surface area contributed by atoms with Crippen LogP contribution in [0, 0.1) is 0 Å². The number of rotatable bonds is 12. The summed E-state index contributed by atoms with van der Waals surface area (Å²) in [7, 11) is 3.95. The summed E-state index contributed by atoms with van der Waals surface area (Å²) in [4.78, 5) is 10.1. The van der Waals surface area contributed by atoms with E-state index in [0.29, 0.717) is 18.6 Å². The highest BCUT2D eigenvalue weighted by molar-refractivity contribution is 5.94. The lowest BCUT2D eigenvalue weighted by Crippen LogP contribution is -2.36. The number of hydrogen-bond donors (Lipinski definition) is 1. The van der Waals surface area contributed by atoms with E-state index in [0.717, 1.165) is 67.7 Å². The van der Waals surface area contributed by atoms with Gasteiger partial charge in [0, 0.05) is 41.3 Å². The van der Waals surface area contributed by atoms with Crippen LogP contribution in [-0.2, 0) is 0 Å². The van der Waals surface area contributed by atoms with Gasteiger partial charge in [0.1, 0.15) is 0 Å². The lowest BCUT2D eigenvalue weighted by Gasteiger charge is -2.31. The molecule has 35 heavy (non-hydrogen) atoms. The largest absolute Gasteiger partial charge is 0.493 e. The number of nitrogens with one attached hydrogen (secondary N) is 1. The minimum atomic E-state index is 0.481. The number of likely N-dealkylation sites (tertiary alicyclic amines) is 2.